The van der Waals surface area contributed by atoms with E-state index < -0.39 is 0 Å². The van der Waals surface area contributed by atoms with Crippen LogP contribution >= 0.6 is 0 Å². The lowest BCUT2D eigenvalue weighted by atomic mass is 10.0. The van der Waals surface area contributed by atoms with Crippen LogP contribution in [0, 0.1) is 0 Å². The molecule has 5 nitrogen and oxygen atoms in total. The molecule has 1 aromatic heterocycles. The van der Waals surface area contributed by atoms with E-state index in [0.29, 0.717) is 18.7 Å². The summed E-state index contributed by atoms with van der Waals surface area (Å²) < 4.78 is 5.03. The summed E-state index contributed by atoms with van der Waals surface area (Å²) in [5.41, 5.74) is 1.24. The summed E-state index contributed by atoms with van der Waals surface area (Å²) in [5.74, 6) is 0. The summed E-state index contributed by atoms with van der Waals surface area (Å²) in [6.07, 6.45) is 5.38. The minimum absolute atomic E-state index is 0.187. The Labute approximate surface area is 120 Å². The van der Waals surface area contributed by atoms with Gasteiger partial charge in [-0.15, -0.1) is 0 Å². The summed E-state index contributed by atoms with van der Waals surface area (Å²) in [5, 5.41) is 3.62. The van der Waals surface area contributed by atoms with Crippen molar-refractivity contribution >= 4 is 6.09 Å². The van der Waals surface area contributed by atoms with Gasteiger partial charge in [0.25, 0.3) is 0 Å². The topological polar surface area (TPSA) is 54.5 Å². The maximum Gasteiger partial charge on any atom is 0.409 e. The van der Waals surface area contributed by atoms with E-state index >= 15 is 0 Å². The van der Waals surface area contributed by atoms with Crippen molar-refractivity contribution in [3.05, 3.63) is 30.1 Å². The fourth-order valence-corrected chi connectivity index (χ4v) is 2.55. The molecule has 0 aliphatic carbocycles. The van der Waals surface area contributed by atoms with E-state index in [1.54, 1.807) is 4.90 Å². The van der Waals surface area contributed by atoms with Crippen molar-refractivity contribution in [2.75, 3.05) is 19.7 Å². The quantitative estimate of drug-likeness (QED) is 0.918. The number of carbonyl (C=O) groups is 1. The number of rotatable bonds is 4. The molecule has 1 atom stereocenters. The molecule has 1 aliphatic heterocycles. The van der Waals surface area contributed by atoms with Gasteiger partial charge in [-0.05, 0) is 44.4 Å². The lowest BCUT2D eigenvalue weighted by molar-refractivity contribution is 0.0944. The molecule has 1 aromatic rings. The van der Waals surface area contributed by atoms with E-state index in [2.05, 4.69) is 17.2 Å². The summed E-state index contributed by atoms with van der Waals surface area (Å²) in [4.78, 5) is 17.5. The van der Waals surface area contributed by atoms with Crippen LogP contribution in [0.25, 0.3) is 0 Å². The molecule has 5 heteroatoms. The van der Waals surface area contributed by atoms with Crippen molar-refractivity contribution in [3.8, 4) is 0 Å². The van der Waals surface area contributed by atoms with Crippen LogP contribution in [-0.4, -0.2) is 41.7 Å². The van der Waals surface area contributed by atoms with Gasteiger partial charge < -0.3 is 15.0 Å². The summed E-state index contributed by atoms with van der Waals surface area (Å²) >= 11 is 0. The molecule has 1 saturated heterocycles. The number of nitrogens with zero attached hydrogens (tertiary/aromatic N) is 2. The first-order valence-electron chi connectivity index (χ1n) is 7.28. The molecule has 0 radical (unpaired) electrons. The maximum atomic E-state index is 11.6. The Hall–Kier alpha value is -1.62. The average Bonchev–Trinajstić information content (AvgIpc) is 2.49. The first-order valence-corrected chi connectivity index (χ1v) is 7.28. The maximum absolute atomic E-state index is 11.6. The number of hydrogen-bond donors (Lipinski definition) is 1. The third-order valence-electron chi connectivity index (χ3n) is 3.71. The molecule has 1 N–H and O–H groups in total. The van der Waals surface area contributed by atoms with Crippen molar-refractivity contribution in [1.29, 1.82) is 0 Å². The van der Waals surface area contributed by atoms with Crippen LogP contribution in [0.3, 0.4) is 0 Å². The first kappa shape index (κ1) is 14.8. The number of ether oxygens (including phenoxy) is 1. The highest BCUT2D eigenvalue weighted by atomic mass is 16.6. The Morgan fingerprint density at radius 1 is 1.45 bits per heavy atom. The summed E-state index contributed by atoms with van der Waals surface area (Å²) in [6.45, 7) is 5.96. The highest BCUT2D eigenvalue weighted by molar-refractivity contribution is 5.67. The van der Waals surface area contributed by atoms with Crippen molar-refractivity contribution in [2.45, 2.75) is 38.8 Å². The first-order chi connectivity index (χ1) is 9.70. The number of amides is 1. The van der Waals surface area contributed by atoms with Gasteiger partial charge in [-0.2, -0.15) is 0 Å². The molecule has 2 heterocycles. The third-order valence-corrected chi connectivity index (χ3v) is 3.71. The molecule has 20 heavy (non-hydrogen) atoms. The van der Waals surface area contributed by atoms with Crippen LogP contribution in [0.4, 0.5) is 4.79 Å². The second kappa shape index (κ2) is 7.24. The Morgan fingerprint density at radius 2 is 2.10 bits per heavy atom. The molecule has 1 unspecified atom stereocenters. The average molecular weight is 277 g/mol. The molecular weight excluding hydrogens is 254 g/mol. The van der Waals surface area contributed by atoms with Gasteiger partial charge in [-0.3, -0.25) is 4.98 Å². The lowest BCUT2D eigenvalue weighted by Crippen LogP contribution is -2.45. The van der Waals surface area contributed by atoms with Crippen molar-refractivity contribution in [1.82, 2.24) is 15.2 Å². The summed E-state index contributed by atoms with van der Waals surface area (Å²) in [6, 6.07) is 4.82. The number of pyridine rings is 1. The minimum Gasteiger partial charge on any atom is -0.450 e. The predicted molar refractivity (Wildman–Crippen MR) is 77.4 cm³/mol. The smallest absolute Gasteiger partial charge is 0.409 e. The SMILES string of the molecule is CCOC(=O)N1CCC(NC(C)c2ccncc2)CC1. The van der Waals surface area contributed by atoms with Gasteiger partial charge in [0.05, 0.1) is 6.61 Å². The Balaban J connectivity index is 1.78. The van der Waals surface area contributed by atoms with Gasteiger partial charge in [0, 0.05) is 37.6 Å². The van der Waals surface area contributed by atoms with E-state index in [1.807, 2.05) is 31.5 Å². The van der Waals surface area contributed by atoms with Crippen LogP contribution < -0.4 is 5.32 Å². The van der Waals surface area contributed by atoms with Gasteiger partial charge in [-0.1, -0.05) is 0 Å². The van der Waals surface area contributed by atoms with E-state index in [1.165, 1.54) is 5.56 Å². The second-order valence-corrected chi connectivity index (χ2v) is 5.13. The molecular formula is C15H23N3O2. The van der Waals surface area contributed by atoms with Crippen LogP contribution in [0.1, 0.15) is 38.3 Å². The van der Waals surface area contributed by atoms with Gasteiger partial charge in [-0.25, -0.2) is 4.79 Å². The van der Waals surface area contributed by atoms with Crippen molar-refractivity contribution in [3.63, 3.8) is 0 Å². The van der Waals surface area contributed by atoms with Crippen molar-refractivity contribution < 1.29 is 9.53 Å². The van der Waals surface area contributed by atoms with Crippen LogP contribution in [0.5, 0.6) is 0 Å². The molecule has 110 valence electrons. The van der Waals surface area contributed by atoms with E-state index in [-0.39, 0.29) is 6.09 Å². The molecule has 0 bridgehead atoms. The van der Waals surface area contributed by atoms with Crippen LogP contribution in [0.15, 0.2) is 24.5 Å². The largest absolute Gasteiger partial charge is 0.450 e. The van der Waals surface area contributed by atoms with Crippen LogP contribution in [-0.2, 0) is 4.74 Å². The van der Waals surface area contributed by atoms with Gasteiger partial charge in [0.1, 0.15) is 0 Å². The summed E-state index contributed by atoms with van der Waals surface area (Å²) in [7, 11) is 0. The normalized spacial score (nSPS) is 17.8. The molecule has 0 saturated carbocycles. The number of nitrogens with one attached hydrogen (secondary N) is 1. The predicted octanol–water partition coefficient (Wildman–Crippen LogP) is 2.35. The minimum atomic E-state index is -0.187. The van der Waals surface area contributed by atoms with Gasteiger partial charge >= 0.3 is 6.09 Å². The Kier molecular flexibility index (Phi) is 5.35. The van der Waals surface area contributed by atoms with Crippen molar-refractivity contribution in [2.24, 2.45) is 0 Å². The molecule has 1 aliphatic rings. The van der Waals surface area contributed by atoms with E-state index in [4.69, 9.17) is 4.74 Å². The molecule has 0 spiro atoms. The second-order valence-electron chi connectivity index (χ2n) is 5.13. The zero-order chi connectivity index (χ0) is 14.4. The van der Waals surface area contributed by atoms with Crippen LogP contribution in [0.2, 0.25) is 0 Å². The van der Waals surface area contributed by atoms with E-state index in [9.17, 15) is 4.79 Å². The lowest BCUT2D eigenvalue weighted by Gasteiger charge is -2.33. The number of aromatic nitrogens is 1. The Morgan fingerprint density at radius 3 is 2.70 bits per heavy atom. The fraction of sp³-hybridized carbons (Fsp3) is 0.600. The molecule has 1 fully saturated rings. The molecule has 2 rings (SSSR count). The highest BCUT2D eigenvalue weighted by Gasteiger charge is 2.24. The number of hydrogen-bond acceptors (Lipinski definition) is 4. The van der Waals surface area contributed by atoms with Gasteiger partial charge in [0.2, 0.25) is 0 Å². The van der Waals surface area contributed by atoms with Gasteiger partial charge in [0.15, 0.2) is 0 Å². The third kappa shape index (κ3) is 3.93. The number of piperidine rings is 1. The highest BCUT2D eigenvalue weighted by Crippen LogP contribution is 2.17. The monoisotopic (exact) mass is 277 g/mol. The number of likely N-dealkylation sites (tertiary alicyclic amines) is 1. The zero-order valence-electron chi connectivity index (χ0n) is 12.2. The Bertz CT molecular complexity index is 416. The van der Waals surface area contributed by atoms with E-state index in [0.717, 1.165) is 25.9 Å². The molecule has 1 amide bonds. The standard InChI is InChI=1S/C15H23N3O2/c1-3-20-15(19)18-10-6-14(7-11-18)17-12(2)13-4-8-16-9-5-13/h4-5,8-9,12,14,17H,3,6-7,10-11H2,1-2H3. The zero-order valence-corrected chi connectivity index (χ0v) is 12.2. The fourth-order valence-electron chi connectivity index (χ4n) is 2.55. The molecule has 0 aromatic carbocycles. The number of carbonyl (C=O) groups excluding carboxylic acids is 1.